The van der Waals surface area contributed by atoms with Crippen molar-refractivity contribution in [3.8, 4) is 12.1 Å². The van der Waals surface area contributed by atoms with Crippen LogP contribution in [0.15, 0.2) is 48.7 Å². The largest absolute Gasteiger partial charge is 0.458 e. The summed E-state index contributed by atoms with van der Waals surface area (Å²) in [6.45, 7) is 3.34. The van der Waals surface area contributed by atoms with Crippen LogP contribution in [0.5, 0.6) is 6.01 Å². The zero-order valence-electron chi connectivity index (χ0n) is 19.9. The molecule has 1 aromatic carbocycles. The minimum Gasteiger partial charge on any atom is -0.458 e. The van der Waals surface area contributed by atoms with E-state index in [0.717, 1.165) is 37.5 Å². The minimum atomic E-state index is -4.56. The first-order valence-electron chi connectivity index (χ1n) is 11.8. The summed E-state index contributed by atoms with van der Waals surface area (Å²) in [7, 11) is 0. The zero-order chi connectivity index (χ0) is 26.0. The average Bonchev–Trinajstić information content (AvgIpc) is 3.52. The first-order valence-corrected chi connectivity index (χ1v) is 11.8. The van der Waals surface area contributed by atoms with Crippen molar-refractivity contribution in [1.82, 2.24) is 24.4 Å². The molecule has 190 valence electrons. The van der Waals surface area contributed by atoms with Crippen LogP contribution in [-0.2, 0) is 25.9 Å². The molecule has 0 unspecified atom stereocenters. The Kier molecular flexibility index (Phi) is 6.67. The van der Waals surface area contributed by atoms with Gasteiger partial charge in [0.1, 0.15) is 29.9 Å². The lowest BCUT2D eigenvalue weighted by molar-refractivity contribution is -0.141. The second-order valence-corrected chi connectivity index (χ2v) is 8.99. The maximum atomic E-state index is 13.0. The van der Waals surface area contributed by atoms with Gasteiger partial charge in [-0.25, -0.2) is 0 Å². The third-order valence-corrected chi connectivity index (χ3v) is 6.33. The fourth-order valence-corrected chi connectivity index (χ4v) is 4.44. The number of hydrogen-bond acceptors (Lipinski definition) is 7. The molecule has 1 aliphatic heterocycles. The Bertz CT molecular complexity index is 1450. The van der Waals surface area contributed by atoms with Gasteiger partial charge in [-0.3, -0.25) is 9.88 Å². The van der Waals surface area contributed by atoms with Gasteiger partial charge in [0.25, 0.3) is 0 Å². The number of nitrogens with zero attached hydrogens (tertiary/aromatic N) is 6. The molecule has 11 heteroatoms. The van der Waals surface area contributed by atoms with E-state index in [4.69, 9.17) is 10.5 Å². The van der Waals surface area contributed by atoms with Gasteiger partial charge < -0.3 is 15.0 Å². The maximum Gasteiger partial charge on any atom is 0.433 e. The summed E-state index contributed by atoms with van der Waals surface area (Å²) < 4.78 is 46.2. The number of benzene rings is 1. The molecule has 0 amide bonds. The van der Waals surface area contributed by atoms with Gasteiger partial charge in [-0.15, -0.1) is 0 Å². The molecule has 4 heterocycles. The third-order valence-electron chi connectivity index (χ3n) is 6.33. The summed E-state index contributed by atoms with van der Waals surface area (Å²) in [5.74, 6) is 0.113. The molecule has 0 spiro atoms. The van der Waals surface area contributed by atoms with E-state index >= 15 is 0 Å². The molecule has 1 aliphatic rings. The van der Waals surface area contributed by atoms with Crippen LogP contribution in [0.3, 0.4) is 0 Å². The van der Waals surface area contributed by atoms with E-state index in [1.54, 1.807) is 10.6 Å². The van der Waals surface area contributed by atoms with Crippen molar-refractivity contribution in [2.75, 3.05) is 18.8 Å². The molecule has 37 heavy (non-hydrogen) atoms. The van der Waals surface area contributed by atoms with Gasteiger partial charge in [0.2, 0.25) is 0 Å². The standard InChI is InChI=1S/C26H24F3N7O/c27-26(28,29)22-11-19(7-8-32-22)16-37-25-33-23(31)21-12-20(13-30)36(24(21)34-25)15-18-5-3-17(4-6-18)14-35-9-1-2-10-35/h3-8,11-12H,1-2,9-10,14-16H2,(H2,31,33,34). The number of nitrogens with two attached hydrogens (primary N) is 1. The van der Waals surface area contributed by atoms with Crippen molar-refractivity contribution >= 4 is 16.9 Å². The number of nitriles is 1. The van der Waals surface area contributed by atoms with Crippen LogP contribution < -0.4 is 10.5 Å². The Balaban J connectivity index is 1.37. The Morgan fingerprint density at radius 1 is 0.973 bits per heavy atom. The summed E-state index contributed by atoms with van der Waals surface area (Å²) in [4.78, 5) is 14.3. The van der Waals surface area contributed by atoms with Gasteiger partial charge in [-0.2, -0.15) is 28.4 Å². The number of fused-ring (bicyclic) bond motifs is 1. The highest BCUT2D eigenvalue weighted by Gasteiger charge is 2.32. The molecule has 2 N–H and O–H groups in total. The van der Waals surface area contributed by atoms with Crippen molar-refractivity contribution < 1.29 is 17.9 Å². The first-order chi connectivity index (χ1) is 17.8. The number of rotatable bonds is 7. The van der Waals surface area contributed by atoms with E-state index in [-0.39, 0.29) is 24.0 Å². The van der Waals surface area contributed by atoms with Crippen LogP contribution in [0.4, 0.5) is 19.0 Å². The highest BCUT2D eigenvalue weighted by molar-refractivity contribution is 5.88. The van der Waals surface area contributed by atoms with E-state index in [9.17, 15) is 18.4 Å². The lowest BCUT2D eigenvalue weighted by Crippen LogP contribution is -2.18. The fraction of sp³-hybridized carbons (Fsp3) is 0.308. The number of hydrogen-bond donors (Lipinski definition) is 1. The fourth-order valence-electron chi connectivity index (χ4n) is 4.44. The van der Waals surface area contributed by atoms with Gasteiger partial charge in [0.15, 0.2) is 5.65 Å². The molecule has 0 aliphatic carbocycles. The zero-order valence-corrected chi connectivity index (χ0v) is 19.9. The monoisotopic (exact) mass is 507 g/mol. The number of halogens is 3. The van der Waals surface area contributed by atoms with Crippen molar-refractivity contribution in [1.29, 1.82) is 5.26 Å². The predicted octanol–water partition coefficient (Wildman–Crippen LogP) is 4.52. The van der Waals surface area contributed by atoms with Crippen molar-refractivity contribution in [3.63, 3.8) is 0 Å². The van der Waals surface area contributed by atoms with Crippen molar-refractivity contribution in [3.05, 3.63) is 76.7 Å². The number of nitrogen functional groups attached to an aromatic ring is 1. The summed E-state index contributed by atoms with van der Waals surface area (Å²) in [5.41, 5.74) is 8.34. The minimum absolute atomic E-state index is 0.0971. The second kappa shape index (κ2) is 10.1. The third kappa shape index (κ3) is 5.49. The topological polar surface area (TPSA) is 106 Å². The van der Waals surface area contributed by atoms with E-state index in [0.29, 0.717) is 23.3 Å². The molecule has 0 atom stereocenters. The quantitative estimate of drug-likeness (QED) is 0.392. The number of alkyl halides is 3. The lowest BCUT2D eigenvalue weighted by Gasteiger charge is -2.15. The molecule has 0 radical (unpaired) electrons. The molecule has 5 rings (SSSR count). The van der Waals surface area contributed by atoms with E-state index in [2.05, 4.69) is 38.1 Å². The normalized spacial score (nSPS) is 14.2. The van der Waals surface area contributed by atoms with Gasteiger partial charge in [-0.05, 0) is 60.8 Å². The van der Waals surface area contributed by atoms with Crippen LogP contribution in [-0.4, -0.2) is 37.5 Å². The highest BCUT2D eigenvalue weighted by atomic mass is 19.4. The molecule has 1 saturated heterocycles. The second-order valence-electron chi connectivity index (χ2n) is 8.99. The van der Waals surface area contributed by atoms with Gasteiger partial charge in [-0.1, -0.05) is 24.3 Å². The van der Waals surface area contributed by atoms with Crippen molar-refractivity contribution in [2.24, 2.45) is 0 Å². The molecular formula is C26H24F3N7O. The lowest BCUT2D eigenvalue weighted by atomic mass is 10.1. The molecule has 1 fully saturated rings. The van der Waals surface area contributed by atoms with Gasteiger partial charge in [0, 0.05) is 12.7 Å². The van der Waals surface area contributed by atoms with Crippen molar-refractivity contribution in [2.45, 2.75) is 38.7 Å². The van der Waals surface area contributed by atoms with E-state index in [1.807, 2.05) is 12.1 Å². The summed E-state index contributed by atoms with van der Waals surface area (Å²) in [6.07, 6.45) is -1.01. The van der Waals surface area contributed by atoms with Gasteiger partial charge in [0.05, 0.1) is 11.9 Å². The predicted molar refractivity (Wildman–Crippen MR) is 130 cm³/mol. The summed E-state index contributed by atoms with van der Waals surface area (Å²) in [6, 6.07) is 14.3. The van der Waals surface area contributed by atoms with E-state index in [1.165, 1.54) is 24.5 Å². The molecule has 0 saturated carbocycles. The number of ether oxygens (including phenoxy) is 1. The molecular weight excluding hydrogens is 483 g/mol. The van der Waals surface area contributed by atoms with E-state index < -0.39 is 11.9 Å². The Hall–Kier alpha value is -4.17. The number of likely N-dealkylation sites (tertiary alicyclic amines) is 1. The first kappa shape index (κ1) is 24.5. The number of aromatic nitrogens is 4. The Labute approximate surface area is 211 Å². The van der Waals surface area contributed by atoms with Crippen LogP contribution in [0.1, 0.15) is 40.9 Å². The van der Waals surface area contributed by atoms with Crippen LogP contribution in [0.25, 0.3) is 11.0 Å². The average molecular weight is 508 g/mol. The highest BCUT2D eigenvalue weighted by Crippen LogP contribution is 2.29. The van der Waals surface area contributed by atoms with Gasteiger partial charge >= 0.3 is 12.2 Å². The summed E-state index contributed by atoms with van der Waals surface area (Å²) in [5, 5.41) is 10.2. The molecule has 0 bridgehead atoms. The Morgan fingerprint density at radius 2 is 1.68 bits per heavy atom. The number of anilines is 1. The molecule has 8 nitrogen and oxygen atoms in total. The Morgan fingerprint density at radius 3 is 2.35 bits per heavy atom. The maximum absolute atomic E-state index is 13.0. The molecule has 4 aromatic rings. The smallest absolute Gasteiger partial charge is 0.433 e. The summed E-state index contributed by atoms with van der Waals surface area (Å²) >= 11 is 0. The SMILES string of the molecule is N#Cc1cc2c(N)nc(OCc3ccnc(C(F)(F)F)c3)nc2n1Cc1ccc(CN2CCCC2)cc1. The molecule has 3 aromatic heterocycles. The van der Waals surface area contributed by atoms with Crippen LogP contribution in [0, 0.1) is 11.3 Å². The van der Waals surface area contributed by atoms with Crippen LogP contribution in [0.2, 0.25) is 0 Å². The van der Waals surface area contributed by atoms with Crippen LogP contribution >= 0.6 is 0 Å². The number of pyridine rings is 1.